The van der Waals surface area contributed by atoms with Crippen LogP contribution >= 0.6 is 0 Å². The van der Waals surface area contributed by atoms with Gasteiger partial charge in [-0.15, -0.1) is 0 Å². The number of unbranched alkanes of at least 4 members (excludes halogenated alkanes) is 1. The summed E-state index contributed by atoms with van der Waals surface area (Å²) in [4.78, 5) is 21.8. The molecule has 4 nitrogen and oxygen atoms in total. The number of carbonyl (C=O) groups is 2. The average Bonchev–Trinajstić information content (AvgIpc) is 2.32. The van der Waals surface area contributed by atoms with Crippen LogP contribution in [0.15, 0.2) is 12.2 Å². The molecule has 0 unspecified atom stereocenters. The van der Waals surface area contributed by atoms with E-state index in [2.05, 4.69) is 6.92 Å². The van der Waals surface area contributed by atoms with Crippen LogP contribution in [0.1, 0.15) is 33.6 Å². The van der Waals surface area contributed by atoms with E-state index >= 15 is 0 Å². The van der Waals surface area contributed by atoms with Crippen LogP contribution in [0.5, 0.6) is 0 Å². The van der Waals surface area contributed by atoms with Crippen LogP contribution in [0, 0.1) is 0 Å². The molecule has 0 aromatic rings. The molecule has 98 valence electrons. The standard InChI is InChI=1S/C12H22O4Si/c1-4-7-10-17(5-2,6-3)16-12(15)9-8-11(13)14/h8-9H,4-7,10H2,1-3H3,(H,13,14)/b9-8-. The molecule has 0 spiro atoms. The first-order chi connectivity index (χ1) is 7.99. The number of carbonyl (C=O) groups excluding carboxylic acids is 1. The van der Waals surface area contributed by atoms with E-state index in [1.165, 1.54) is 0 Å². The van der Waals surface area contributed by atoms with Crippen molar-refractivity contribution in [2.24, 2.45) is 0 Å². The van der Waals surface area contributed by atoms with E-state index in [-0.39, 0.29) is 0 Å². The number of carboxylic acid groups (broad SMARTS) is 1. The van der Waals surface area contributed by atoms with Crippen LogP contribution < -0.4 is 0 Å². The third-order valence-electron chi connectivity index (χ3n) is 2.95. The SMILES string of the molecule is CCCC[Si](CC)(CC)OC(=O)/C=C\C(=O)O. The third kappa shape index (κ3) is 6.26. The molecule has 0 saturated heterocycles. The zero-order valence-corrected chi connectivity index (χ0v) is 11.9. The smallest absolute Gasteiger partial charge is 0.328 e. The van der Waals surface area contributed by atoms with Gasteiger partial charge in [-0.2, -0.15) is 0 Å². The average molecular weight is 258 g/mol. The highest BCUT2D eigenvalue weighted by Crippen LogP contribution is 2.24. The molecule has 1 N–H and O–H groups in total. The zero-order chi connectivity index (χ0) is 13.3. The van der Waals surface area contributed by atoms with Gasteiger partial charge in [0.05, 0.1) is 0 Å². The number of carboxylic acids is 1. The number of hydrogen-bond acceptors (Lipinski definition) is 3. The molecule has 0 aliphatic heterocycles. The van der Waals surface area contributed by atoms with Gasteiger partial charge in [0.1, 0.15) is 0 Å². The van der Waals surface area contributed by atoms with E-state index in [0.717, 1.165) is 43.1 Å². The van der Waals surface area contributed by atoms with E-state index in [4.69, 9.17) is 9.53 Å². The summed E-state index contributed by atoms with van der Waals surface area (Å²) in [5, 5.41) is 8.43. The minimum Gasteiger partial charge on any atom is -0.516 e. The van der Waals surface area contributed by atoms with Crippen LogP contribution in [-0.2, 0) is 14.0 Å². The molecule has 0 atom stereocenters. The summed E-state index contributed by atoms with van der Waals surface area (Å²) in [6.07, 6.45) is 3.97. The van der Waals surface area contributed by atoms with Crippen molar-refractivity contribution >= 4 is 20.3 Å². The van der Waals surface area contributed by atoms with Crippen molar-refractivity contribution in [2.75, 3.05) is 0 Å². The fourth-order valence-corrected chi connectivity index (χ4v) is 4.78. The largest absolute Gasteiger partial charge is 0.516 e. The fraction of sp³-hybridized carbons (Fsp3) is 0.667. The quantitative estimate of drug-likeness (QED) is 0.537. The maximum Gasteiger partial charge on any atom is 0.328 e. The van der Waals surface area contributed by atoms with Crippen molar-refractivity contribution in [3.8, 4) is 0 Å². The first-order valence-corrected chi connectivity index (χ1v) is 8.66. The van der Waals surface area contributed by atoms with Crippen LogP contribution in [0.2, 0.25) is 18.1 Å². The Bertz CT molecular complexity index is 282. The Balaban J connectivity index is 4.52. The summed E-state index contributed by atoms with van der Waals surface area (Å²) in [5.41, 5.74) is 0. The molecular formula is C12H22O4Si. The maximum absolute atomic E-state index is 11.5. The highest BCUT2D eigenvalue weighted by Gasteiger charge is 2.33. The maximum atomic E-state index is 11.5. The minimum absolute atomic E-state index is 0.515. The van der Waals surface area contributed by atoms with E-state index < -0.39 is 20.3 Å². The predicted molar refractivity (Wildman–Crippen MR) is 69.3 cm³/mol. The second-order valence-corrected chi connectivity index (χ2v) is 8.57. The third-order valence-corrected chi connectivity index (χ3v) is 7.43. The van der Waals surface area contributed by atoms with Crippen LogP contribution in [0.25, 0.3) is 0 Å². The van der Waals surface area contributed by atoms with E-state index in [9.17, 15) is 9.59 Å². The lowest BCUT2D eigenvalue weighted by molar-refractivity contribution is -0.133. The summed E-state index contributed by atoms with van der Waals surface area (Å²) in [7, 11) is -1.99. The lowest BCUT2D eigenvalue weighted by Crippen LogP contribution is -2.38. The molecule has 0 aliphatic carbocycles. The highest BCUT2D eigenvalue weighted by atomic mass is 28.4. The van der Waals surface area contributed by atoms with Crippen LogP contribution in [0.3, 0.4) is 0 Å². The van der Waals surface area contributed by atoms with Crippen molar-refractivity contribution < 1.29 is 19.1 Å². The predicted octanol–water partition coefficient (Wildman–Crippen LogP) is 2.96. The van der Waals surface area contributed by atoms with Crippen molar-refractivity contribution in [3.05, 3.63) is 12.2 Å². The second-order valence-electron chi connectivity index (χ2n) is 4.09. The number of hydrogen-bond donors (Lipinski definition) is 1. The first kappa shape index (κ1) is 15.9. The van der Waals surface area contributed by atoms with Gasteiger partial charge in [-0.05, 0) is 18.1 Å². The van der Waals surface area contributed by atoms with Gasteiger partial charge in [0, 0.05) is 12.2 Å². The Morgan fingerprint density at radius 3 is 2.18 bits per heavy atom. The summed E-state index contributed by atoms with van der Waals surface area (Å²) in [6, 6.07) is 2.73. The molecule has 0 amide bonds. The van der Waals surface area contributed by atoms with Crippen molar-refractivity contribution in [3.63, 3.8) is 0 Å². The van der Waals surface area contributed by atoms with Gasteiger partial charge in [-0.1, -0.05) is 33.6 Å². The van der Waals surface area contributed by atoms with Gasteiger partial charge in [0.2, 0.25) is 0 Å². The van der Waals surface area contributed by atoms with Crippen molar-refractivity contribution in [1.82, 2.24) is 0 Å². The second kappa shape index (κ2) is 8.06. The zero-order valence-electron chi connectivity index (χ0n) is 10.9. The topological polar surface area (TPSA) is 63.6 Å². The van der Waals surface area contributed by atoms with Crippen molar-refractivity contribution in [1.29, 1.82) is 0 Å². The number of rotatable bonds is 8. The Kier molecular flexibility index (Phi) is 7.53. The molecule has 0 fully saturated rings. The van der Waals surface area contributed by atoms with Crippen molar-refractivity contribution in [2.45, 2.75) is 51.7 Å². The molecule has 0 aromatic heterocycles. The molecule has 0 heterocycles. The van der Waals surface area contributed by atoms with Crippen LogP contribution in [0.4, 0.5) is 0 Å². The Morgan fingerprint density at radius 2 is 1.76 bits per heavy atom. The van der Waals surface area contributed by atoms with E-state index in [1.807, 2.05) is 13.8 Å². The van der Waals surface area contributed by atoms with Gasteiger partial charge >= 0.3 is 11.9 Å². The molecule has 0 radical (unpaired) electrons. The Hall–Kier alpha value is -1.10. The number of aliphatic carboxylic acids is 1. The van der Waals surface area contributed by atoms with E-state index in [1.54, 1.807) is 0 Å². The minimum atomic E-state index is -1.99. The molecule has 17 heavy (non-hydrogen) atoms. The summed E-state index contributed by atoms with van der Waals surface area (Å²) in [5.74, 6) is -1.64. The normalized spacial score (nSPS) is 11.7. The summed E-state index contributed by atoms with van der Waals surface area (Å²) in [6.45, 7) is 6.19. The van der Waals surface area contributed by atoms with E-state index in [0.29, 0.717) is 0 Å². The highest BCUT2D eigenvalue weighted by molar-refractivity contribution is 6.75. The molecule has 0 aliphatic rings. The first-order valence-electron chi connectivity index (χ1n) is 6.13. The lowest BCUT2D eigenvalue weighted by atomic mass is 10.4. The summed E-state index contributed by atoms with van der Waals surface area (Å²) >= 11 is 0. The molecular weight excluding hydrogens is 236 g/mol. The van der Waals surface area contributed by atoms with Gasteiger partial charge in [-0.25, -0.2) is 9.59 Å². The van der Waals surface area contributed by atoms with Crippen LogP contribution in [-0.4, -0.2) is 25.4 Å². The molecule has 0 rings (SSSR count). The lowest BCUT2D eigenvalue weighted by Gasteiger charge is -2.28. The molecule has 0 saturated carbocycles. The Labute approximate surface area is 104 Å². The molecule has 0 aromatic carbocycles. The summed E-state index contributed by atoms with van der Waals surface area (Å²) < 4.78 is 5.54. The Morgan fingerprint density at radius 1 is 1.18 bits per heavy atom. The van der Waals surface area contributed by atoms with Gasteiger partial charge in [0.25, 0.3) is 8.32 Å². The van der Waals surface area contributed by atoms with Gasteiger partial charge in [0.15, 0.2) is 0 Å². The fourth-order valence-electron chi connectivity index (χ4n) is 1.68. The monoisotopic (exact) mass is 258 g/mol. The van der Waals surface area contributed by atoms with Gasteiger partial charge < -0.3 is 9.53 Å². The molecule has 0 bridgehead atoms. The van der Waals surface area contributed by atoms with Gasteiger partial charge in [-0.3, -0.25) is 0 Å². The molecule has 5 heteroatoms.